The molecule has 6 heteroatoms. The van der Waals surface area contributed by atoms with Gasteiger partial charge in [-0.25, -0.2) is 0 Å². The standard InChI is InChI=1S/C15H15Cl2NS.C15H23NO/c16-14-2-1-12(15(17)7-14)9-18-5-3-11(8-18)13-4-6-19-10-13;1-13-3-5-14(6-4-13)11-17-12-15-7-9-16(2)10-8-15/h1-2,4,6-7,10-11H,3,5,8-9H2;3-6,15H,7-12H2,1-2H3/t11-;/m1./s1. The van der Waals surface area contributed by atoms with Crippen molar-refractivity contribution in [1.29, 1.82) is 0 Å². The summed E-state index contributed by atoms with van der Waals surface area (Å²) in [6.07, 6.45) is 3.80. The highest BCUT2D eigenvalue weighted by Gasteiger charge is 2.24. The Morgan fingerprint density at radius 3 is 2.44 bits per heavy atom. The van der Waals surface area contributed by atoms with Crippen molar-refractivity contribution in [3.8, 4) is 0 Å². The van der Waals surface area contributed by atoms with E-state index in [-0.39, 0.29) is 0 Å². The van der Waals surface area contributed by atoms with Crippen LogP contribution in [0.4, 0.5) is 0 Å². The molecule has 3 nitrogen and oxygen atoms in total. The molecule has 2 saturated heterocycles. The van der Waals surface area contributed by atoms with Gasteiger partial charge in [0.15, 0.2) is 0 Å². The number of aryl methyl sites for hydroxylation is 1. The highest BCUT2D eigenvalue weighted by molar-refractivity contribution is 7.08. The fraction of sp³-hybridized carbons (Fsp3) is 0.467. The van der Waals surface area contributed by atoms with Crippen molar-refractivity contribution in [1.82, 2.24) is 9.80 Å². The molecule has 0 bridgehead atoms. The van der Waals surface area contributed by atoms with Gasteiger partial charge in [-0.2, -0.15) is 11.3 Å². The summed E-state index contributed by atoms with van der Waals surface area (Å²) in [5.41, 5.74) is 5.24. The molecule has 0 saturated carbocycles. The molecule has 3 aromatic rings. The maximum Gasteiger partial charge on any atom is 0.0717 e. The van der Waals surface area contributed by atoms with Gasteiger partial charge in [-0.1, -0.05) is 59.1 Å². The van der Waals surface area contributed by atoms with Crippen LogP contribution in [0.25, 0.3) is 0 Å². The van der Waals surface area contributed by atoms with Crippen molar-refractivity contribution >= 4 is 34.5 Å². The molecule has 0 unspecified atom stereocenters. The van der Waals surface area contributed by atoms with Crippen LogP contribution in [0.3, 0.4) is 0 Å². The summed E-state index contributed by atoms with van der Waals surface area (Å²) in [6.45, 7) is 9.40. The van der Waals surface area contributed by atoms with Crippen LogP contribution in [0.5, 0.6) is 0 Å². The van der Waals surface area contributed by atoms with E-state index in [1.807, 2.05) is 18.2 Å². The van der Waals surface area contributed by atoms with Crippen LogP contribution >= 0.6 is 34.5 Å². The van der Waals surface area contributed by atoms with Gasteiger partial charge in [-0.15, -0.1) is 0 Å². The van der Waals surface area contributed by atoms with Crippen LogP contribution < -0.4 is 0 Å². The average Bonchev–Trinajstić information content (AvgIpc) is 3.56. The minimum Gasteiger partial charge on any atom is -0.376 e. The molecule has 36 heavy (non-hydrogen) atoms. The van der Waals surface area contributed by atoms with Crippen molar-refractivity contribution < 1.29 is 4.74 Å². The van der Waals surface area contributed by atoms with Crippen molar-refractivity contribution in [2.45, 2.75) is 45.3 Å². The Kier molecular flexibility index (Phi) is 10.7. The highest BCUT2D eigenvalue weighted by Crippen LogP contribution is 2.31. The number of thiophene rings is 1. The van der Waals surface area contributed by atoms with Crippen LogP contribution in [0, 0.1) is 12.8 Å². The first-order valence-corrected chi connectivity index (χ1v) is 14.7. The van der Waals surface area contributed by atoms with Crippen molar-refractivity contribution in [2.75, 3.05) is 39.8 Å². The number of likely N-dealkylation sites (tertiary alicyclic amines) is 2. The van der Waals surface area contributed by atoms with Crippen LogP contribution in [0.1, 0.15) is 47.4 Å². The Morgan fingerprint density at radius 1 is 0.972 bits per heavy atom. The fourth-order valence-corrected chi connectivity index (χ4v) is 6.11. The number of piperidine rings is 1. The molecule has 5 rings (SSSR count). The van der Waals surface area contributed by atoms with E-state index in [2.05, 4.69) is 64.9 Å². The second-order valence-electron chi connectivity index (χ2n) is 10.3. The lowest BCUT2D eigenvalue weighted by atomic mass is 9.98. The maximum atomic E-state index is 6.23. The lowest BCUT2D eigenvalue weighted by Crippen LogP contribution is -2.31. The molecule has 2 aliphatic rings. The van der Waals surface area contributed by atoms with Crippen LogP contribution in [0.2, 0.25) is 10.0 Å². The van der Waals surface area contributed by atoms with E-state index >= 15 is 0 Å². The van der Waals surface area contributed by atoms with Crippen molar-refractivity contribution in [2.24, 2.45) is 5.92 Å². The smallest absolute Gasteiger partial charge is 0.0717 e. The first-order chi connectivity index (χ1) is 17.5. The number of benzene rings is 2. The summed E-state index contributed by atoms with van der Waals surface area (Å²) < 4.78 is 5.82. The van der Waals surface area contributed by atoms with Gasteiger partial charge in [0.05, 0.1) is 6.61 Å². The molecule has 2 fully saturated rings. The largest absolute Gasteiger partial charge is 0.376 e. The van der Waals surface area contributed by atoms with E-state index in [9.17, 15) is 0 Å². The first kappa shape index (κ1) is 27.6. The molecule has 1 aromatic heterocycles. The molecule has 3 heterocycles. The minimum atomic E-state index is 0.678. The number of nitrogens with zero attached hydrogens (tertiary/aromatic N) is 2. The van der Waals surface area contributed by atoms with E-state index < -0.39 is 0 Å². The predicted octanol–water partition coefficient (Wildman–Crippen LogP) is 7.90. The van der Waals surface area contributed by atoms with Crippen LogP contribution in [0.15, 0.2) is 59.3 Å². The number of hydrogen-bond donors (Lipinski definition) is 0. The molecule has 2 aromatic carbocycles. The summed E-state index contributed by atoms with van der Waals surface area (Å²) >= 11 is 13.9. The molecule has 0 aliphatic carbocycles. The third-order valence-electron chi connectivity index (χ3n) is 7.28. The first-order valence-electron chi connectivity index (χ1n) is 13.0. The molecule has 1 atom stereocenters. The quantitative estimate of drug-likeness (QED) is 0.300. The second-order valence-corrected chi connectivity index (χ2v) is 11.9. The molecular weight excluding hydrogens is 507 g/mol. The van der Waals surface area contributed by atoms with Gasteiger partial charge in [0, 0.05) is 29.7 Å². The molecule has 0 amide bonds. The van der Waals surface area contributed by atoms with Crippen molar-refractivity contribution in [3.63, 3.8) is 0 Å². The summed E-state index contributed by atoms with van der Waals surface area (Å²) in [6, 6.07) is 16.6. The van der Waals surface area contributed by atoms with E-state index in [0.29, 0.717) is 10.9 Å². The van der Waals surface area contributed by atoms with E-state index in [1.165, 1.54) is 49.0 Å². The Hall–Kier alpha value is -1.40. The zero-order valence-electron chi connectivity index (χ0n) is 21.5. The van der Waals surface area contributed by atoms with Crippen LogP contribution in [-0.4, -0.2) is 49.6 Å². The molecule has 0 radical (unpaired) electrons. The van der Waals surface area contributed by atoms with E-state index in [0.717, 1.165) is 49.4 Å². The lowest BCUT2D eigenvalue weighted by molar-refractivity contribution is 0.0623. The third kappa shape index (κ3) is 8.58. The number of hydrogen-bond acceptors (Lipinski definition) is 4. The zero-order valence-corrected chi connectivity index (χ0v) is 23.8. The lowest BCUT2D eigenvalue weighted by Gasteiger charge is -2.28. The summed E-state index contributed by atoms with van der Waals surface area (Å²) in [7, 11) is 2.20. The summed E-state index contributed by atoms with van der Waals surface area (Å²) in [4.78, 5) is 4.87. The number of ether oxygens (including phenoxy) is 1. The van der Waals surface area contributed by atoms with Crippen molar-refractivity contribution in [3.05, 3.63) is 91.6 Å². The van der Waals surface area contributed by atoms with Gasteiger partial charge in [0.2, 0.25) is 0 Å². The molecule has 194 valence electrons. The van der Waals surface area contributed by atoms with Gasteiger partial charge in [0.1, 0.15) is 0 Å². The van der Waals surface area contributed by atoms with Gasteiger partial charge in [0.25, 0.3) is 0 Å². The topological polar surface area (TPSA) is 15.7 Å². The molecule has 0 spiro atoms. The van der Waals surface area contributed by atoms with Crippen LogP contribution in [-0.2, 0) is 17.9 Å². The number of rotatable bonds is 7. The molecular formula is C30H38Cl2N2OS. The van der Waals surface area contributed by atoms with Gasteiger partial charge >= 0.3 is 0 Å². The monoisotopic (exact) mass is 544 g/mol. The SMILES string of the molecule is Cc1ccc(COCC2CCN(C)CC2)cc1.Clc1ccc(CN2CC[C@@H](c3ccsc3)C2)c(Cl)c1. The number of halogens is 2. The minimum absolute atomic E-state index is 0.678. The predicted molar refractivity (Wildman–Crippen MR) is 154 cm³/mol. The maximum absolute atomic E-state index is 6.23. The molecule has 0 N–H and O–H groups in total. The van der Waals surface area contributed by atoms with Gasteiger partial charge in [-0.3, -0.25) is 4.90 Å². The van der Waals surface area contributed by atoms with E-state index in [1.54, 1.807) is 11.3 Å². The van der Waals surface area contributed by atoms with Gasteiger partial charge in [-0.05, 0) is 110 Å². The highest BCUT2D eigenvalue weighted by atomic mass is 35.5. The Bertz CT molecular complexity index is 1050. The Balaban J connectivity index is 0.000000170. The zero-order chi connectivity index (χ0) is 25.3. The third-order valence-corrected chi connectivity index (χ3v) is 8.57. The molecule has 2 aliphatic heterocycles. The summed E-state index contributed by atoms with van der Waals surface area (Å²) in [5, 5.41) is 5.90. The van der Waals surface area contributed by atoms with E-state index in [4.69, 9.17) is 27.9 Å². The Morgan fingerprint density at radius 2 is 1.75 bits per heavy atom. The fourth-order valence-electron chi connectivity index (χ4n) is 4.90. The second kappa shape index (κ2) is 13.9. The van der Waals surface area contributed by atoms with Gasteiger partial charge < -0.3 is 9.64 Å². The normalized spacial score (nSPS) is 19.3. The Labute approximate surface area is 231 Å². The average molecular weight is 546 g/mol. The summed E-state index contributed by atoms with van der Waals surface area (Å²) in [5.74, 6) is 1.44.